The molecule has 0 radical (unpaired) electrons. The van der Waals surface area contributed by atoms with Gasteiger partial charge in [0.15, 0.2) is 0 Å². The molecule has 0 spiro atoms. The summed E-state index contributed by atoms with van der Waals surface area (Å²) < 4.78 is 0. The van der Waals surface area contributed by atoms with E-state index in [1.54, 1.807) is 0 Å². The average Bonchev–Trinajstić information content (AvgIpc) is 2.89. The summed E-state index contributed by atoms with van der Waals surface area (Å²) >= 11 is 0. The molecule has 23 heavy (non-hydrogen) atoms. The average molecular weight is 297 g/mol. The highest BCUT2D eigenvalue weighted by molar-refractivity contribution is 5.92. The van der Waals surface area contributed by atoms with Gasteiger partial charge in [-0.3, -0.25) is 0 Å². The van der Waals surface area contributed by atoms with Crippen LogP contribution in [0.3, 0.4) is 0 Å². The third-order valence-electron chi connectivity index (χ3n) is 4.33. The van der Waals surface area contributed by atoms with E-state index >= 15 is 0 Å². The van der Waals surface area contributed by atoms with Crippen LogP contribution in [0, 0.1) is 6.92 Å². The smallest absolute Gasteiger partial charge is 0.0538 e. The SMILES string of the molecule is Cc1cc2c([nH]1)C(c1ccccc1)=CCC=C2c1ccccc1. The highest BCUT2D eigenvalue weighted by atomic mass is 14.7. The zero-order valence-electron chi connectivity index (χ0n) is 13.2. The number of aromatic nitrogens is 1. The Kier molecular flexibility index (Phi) is 3.47. The van der Waals surface area contributed by atoms with E-state index < -0.39 is 0 Å². The number of rotatable bonds is 2. The van der Waals surface area contributed by atoms with Gasteiger partial charge in [0.2, 0.25) is 0 Å². The molecular weight excluding hydrogens is 278 g/mol. The molecule has 1 heteroatoms. The molecule has 0 atom stereocenters. The van der Waals surface area contributed by atoms with Crippen molar-refractivity contribution in [2.75, 3.05) is 0 Å². The first kappa shape index (κ1) is 13.8. The lowest BCUT2D eigenvalue weighted by atomic mass is 9.95. The van der Waals surface area contributed by atoms with Crippen molar-refractivity contribution in [1.82, 2.24) is 4.98 Å². The lowest BCUT2D eigenvalue weighted by Gasteiger charge is -2.10. The van der Waals surface area contributed by atoms with Gasteiger partial charge in [0.05, 0.1) is 5.69 Å². The van der Waals surface area contributed by atoms with Crippen LogP contribution in [0.2, 0.25) is 0 Å². The molecule has 0 fully saturated rings. The Morgan fingerprint density at radius 3 is 1.96 bits per heavy atom. The van der Waals surface area contributed by atoms with Crippen molar-refractivity contribution in [3.05, 3.63) is 107 Å². The third-order valence-corrected chi connectivity index (χ3v) is 4.33. The molecule has 0 unspecified atom stereocenters. The topological polar surface area (TPSA) is 15.8 Å². The van der Waals surface area contributed by atoms with Gasteiger partial charge in [-0.25, -0.2) is 0 Å². The van der Waals surface area contributed by atoms with Gasteiger partial charge in [-0.2, -0.15) is 0 Å². The van der Waals surface area contributed by atoms with E-state index in [1.165, 1.54) is 39.2 Å². The van der Waals surface area contributed by atoms with Gasteiger partial charge < -0.3 is 4.98 Å². The van der Waals surface area contributed by atoms with Crippen LogP contribution in [0.4, 0.5) is 0 Å². The summed E-state index contributed by atoms with van der Waals surface area (Å²) in [7, 11) is 0. The van der Waals surface area contributed by atoms with Gasteiger partial charge in [-0.15, -0.1) is 0 Å². The molecule has 0 saturated carbocycles. The Morgan fingerprint density at radius 2 is 1.30 bits per heavy atom. The summed E-state index contributed by atoms with van der Waals surface area (Å²) in [6.07, 6.45) is 5.59. The van der Waals surface area contributed by atoms with Crippen LogP contribution < -0.4 is 0 Å². The van der Waals surface area contributed by atoms with Crippen LogP contribution in [0.25, 0.3) is 11.1 Å². The summed E-state index contributed by atoms with van der Waals surface area (Å²) in [5.74, 6) is 0. The number of hydrogen-bond donors (Lipinski definition) is 1. The molecule has 1 aliphatic carbocycles. The molecule has 0 aliphatic heterocycles. The molecule has 3 aromatic rings. The zero-order valence-corrected chi connectivity index (χ0v) is 13.2. The molecule has 2 aromatic carbocycles. The number of H-pyrrole nitrogens is 1. The Hall–Kier alpha value is -2.80. The van der Waals surface area contributed by atoms with Gasteiger partial charge in [-0.05, 0) is 36.1 Å². The number of aromatic amines is 1. The summed E-state index contributed by atoms with van der Waals surface area (Å²) in [6.45, 7) is 2.12. The van der Waals surface area contributed by atoms with Crippen molar-refractivity contribution in [3.63, 3.8) is 0 Å². The Labute approximate surface area is 137 Å². The first-order valence-electron chi connectivity index (χ1n) is 8.04. The maximum atomic E-state index is 3.58. The minimum absolute atomic E-state index is 0.940. The Morgan fingerprint density at radius 1 is 0.739 bits per heavy atom. The van der Waals surface area contributed by atoms with E-state index in [0.29, 0.717) is 0 Å². The van der Waals surface area contributed by atoms with Crippen molar-refractivity contribution in [1.29, 1.82) is 0 Å². The minimum Gasteiger partial charge on any atom is -0.358 e. The summed E-state index contributed by atoms with van der Waals surface area (Å²) in [6, 6.07) is 23.5. The van der Waals surface area contributed by atoms with Crippen molar-refractivity contribution in [3.8, 4) is 0 Å². The van der Waals surface area contributed by atoms with Crippen molar-refractivity contribution in [2.24, 2.45) is 0 Å². The highest BCUT2D eigenvalue weighted by Crippen LogP contribution is 2.36. The fraction of sp³-hybridized carbons (Fsp3) is 0.0909. The lowest BCUT2D eigenvalue weighted by molar-refractivity contribution is 1.23. The van der Waals surface area contributed by atoms with Gasteiger partial charge in [0.1, 0.15) is 0 Å². The summed E-state index contributed by atoms with van der Waals surface area (Å²) in [5, 5.41) is 0. The van der Waals surface area contributed by atoms with E-state index in [4.69, 9.17) is 0 Å². The minimum atomic E-state index is 0.940. The van der Waals surface area contributed by atoms with Crippen LogP contribution in [0.5, 0.6) is 0 Å². The van der Waals surface area contributed by atoms with Gasteiger partial charge >= 0.3 is 0 Å². The summed E-state index contributed by atoms with van der Waals surface area (Å²) in [4.78, 5) is 3.58. The molecule has 4 rings (SSSR count). The normalized spacial score (nSPS) is 13.8. The van der Waals surface area contributed by atoms with E-state index in [-0.39, 0.29) is 0 Å². The van der Waals surface area contributed by atoms with Crippen LogP contribution in [-0.4, -0.2) is 4.98 Å². The number of hydrogen-bond acceptors (Lipinski definition) is 0. The highest BCUT2D eigenvalue weighted by Gasteiger charge is 2.18. The second kappa shape index (κ2) is 5.77. The number of nitrogens with one attached hydrogen (secondary N) is 1. The fourth-order valence-electron chi connectivity index (χ4n) is 3.29. The summed E-state index contributed by atoms with van der Waals surface area (Å²) in [5.41, 5.74) is 8.85. The van der Waals surface area contributed by atoms with Gasteiger partial charge in [0.25, 0.3) is 0 Å². The standard InChI is InChI=1S/C22H19N/c1-16-15-21-19(17-9-4-2-5-10-17)13-8-14-20(22(21)23-16)18-11-6-3-7-12-18/h2-7,9-15,23H,8H2,1H3. The second-order valence-corrected chi connectivity index (χ2v) is 5.94. The monoisotopic (exact) mass is 297 g/mol. The van der Waals surface area contributed by atoms with E-state index in [0.717, 1.165) is 6.42 Å². The van der Waals surface area contributed by atoms with E-state index in [1.807, 2.05) is 0 Å². The number of benzene rings is 2. The van der Waals surface area contributed by atoms with Crippen molar-refractivity contribution < 1.29 is 0 Å². The number of allylic oxidation sites excluding steroid dienone is 2. The molecule has 1 N–H and O–H groups in total. The predicted molar refractivity (Wildman–Crippen MR) is 97.2 cm³/mol. The van der Waals surface area contributed by atoms with Crippen LogP contribution in [0.15, 0.2) is 78.9 Å². The molecule has 1 heterocycles. The fourth-order valence-corrected chi connectivity index (χ4v) is 3.29. The Balaban J connectivity index is 1.88. The molecule has 0 saturated heterocycles. The van der Waals surface area contributed by atoms with E-state index in [9.17, 15) is 0 Å². The van der Waals surface area contributed by atoms with E-state index in [2.05, 4.69) is 90.8 Å². The molecule has 1 aliphatic rings. The van der Waals surface area contributed by atoms with Crippen LogP contribution >= 0.6 is 0 Å². The maximum Gasteiger partial charge on any atom is 0.0538 e. The largest absolute Gasteiger partial charge is 0.358 e. The molecule has 0 amide bonds. The zero-order chi connectivity index (χ0) is 15.6. The molecule has 112 valence electrons. The first-order valence-corrected chi connectivity index (χ1v) is 8.04. The quantitative estimate of drug-likeness (QED) is 0.634. The predicted octanol–water partition coefficient (Wildman–Crippen LogP) is 5.59. The molecule has 0 bridgehead atoms. The molecular formula is C22H19N. The van der Waals surface area contributed by atoms with Crippen LogP contribution in [0.1, 0.15) is 34.5 Å². The van der Waals surface area contributed by atoms with Gasteiger partial charge in [0, 0.05) is 16.8 Å². The first-order chi connectivity index (χ1) is 11.3. The third kappa shape index (κ3) is 2.55. The Bertz CT molecular complexity index is 807. The van der Waals surface area contributed by atoms with Crippen molar-refractivity contribution >= 4 is 11.1 Å². The second-order valence-electron chi connectivity index (χ2n) is 5.94. The van der Waals surface area contributed by atoms with Crippen molar-refractivity contribution in [2.45, 2.75) is 13.3 Å². The van der Waals surface area contributed by atoms with Gasteiger partial charge in [-0.1, -0.05) is 72.8 Å². The lowest BCUT2D eigenvalue weighted by Crippen LogP contribution is -1.93. The maximum absolute atomic E-state index is 3.58. The van der Waals surface area contributed by atoms with Crippen LogP contribution in [-0.2, 0) is 0 Å². The number of fused-ring (bicyclic) bond motifs is 1. The molecule has 1 aromatic heterocycles. The molecule has 1 nitrogen and oxygen atoms in total. The number of aryl methyl sites for hydroxylation is 1.